The van der Waals surface area contributed by atoms with E-state index in [4.69, 9.17) is 10.5 Å². The molecule has 0 spiro atoms. The number of nitrogens with zero attached hydrogens (tertiary/aromatic N) is 2. The zero-order chi connectivity index (χ0) is 32.2. The van der Waals surface area contributed by atoms with Gasteiger partial charge >= 0.3 is 6.09 Å². The number of phenols is 1. The fourth-order valence-electron chi connectivity index (χ4n) is 7.26. The number of hydrogen-bond donors (Lipinski definition) is 5. The third kappa shape index (κ3) is 4.81. The first-order valence-electron chi connectivity index (χ1n) is 14.2. The molecule has 2 aromatic rings. The molecule has 2 aromatic carbocycles. The molecule has 2 saturated carbocycles. The number of hydrogen-bond acceptors (Lipinski definition) is 11. The molecule has 3 aliphatic rings. The summed E-state index contributed by atoms with van der Waals surface area (Å²) in [5, 5.41) is 36.7. The number of para-hydroxylation sites is 1. The molecule has 0 aromatic heterocycles. The van der Waals surface area contributed by atoms with Crippen molar-refractivity contribution in [3.05, 3.63) is 53.1 Å². The average molecular weight is 609 g/mol. The lowest BCUT2D eigenvalue weighted by molar-refractivity contribution is -0.190. The minimum Gasteiger partial charge on any atom is -0.507 e. The zero-order valence-corrected chi connectivity index (χ0v) is 24.8. The van der Waals surface area contributed by atoms with Gasteiger partial charge in [-0.2, -0.15) is 0 Å². The Bertz CT molecular complexity index is 1540. The van der Waals surface area contributed by atoms with Crippen molar-refractivity contribution in [3.63, 3.8) is 0 Å². The van der Waals surface area contributed by atoms with Crippen LogP contribution in [0.3, 0.4) is 0 Å². The number of anilines is 1. The van der Waals surface area contributed by atoms with E-state index in [1.807, 2.05) is 0 Å². The van der Waals surface area contributed by atoms with Gasteiger partial charge in [0.15, 0.2) is 23.0 Å². The van der Waals surface area contributed by atoms with Crippen LogP contribution in [0, 0.1) is 23.7 Å². The smallest absolute Gasteiger partial charge is 0.412 e. The number of carbonyl (C=O) groups is 5. The number of Topliss-reactive ketones (excluding diaryl/α,β-unsaturated/α-hetero) is 3. The van der Waals surface area contributed by atoms with E-state index in [-0.39, 0.29) is 30.5 Å². The quantitative estimate of drug-likeness (QED) is 0.277. The van der Waals surface area contributed by atoms with Crippen LogP contribution in [0.1, 0.15) is 27.9 Å². The number of aliphatic hydroxyl groups excluding tert-OH is 1. The highest BCUT2D eigenvalue weighted by atomic mass is 16.6. The lowest BCUT2D eigenvalue weighted by atomic mass is 9.52. The Morgan fingerprint density at radius 2 is 1.75 bits per heavy atom. The van der Waals surface area contributed by atoms with Gasteiger partial charge in [0.1, 0.15) is 17.4 Å². The van der Waals surface area contributed by atoms with Crippen LogP contribution in [0.4, 0.5) is 10.5 Å². The van der Waals surface area contributed by atoms with Gasteiger partial charge in [-0.1, -0.05) is 18.2 Å². The van der Waals surface area contributed by atoms with Crippen LogP contribution in [-0.4, -0.2) is 95.5 Å². The highest BCUT2D eigenvalue weighted by molar-refractivity contribution is 6.25. The number of aliphatic hydroxyl groups is 2. The number of carbonyl (C=O) groups excluding carboxylic acids is 5. The molecule has 0 heterocycles. The second-order valence-electron chi connectivity index (χ2n) is 12.2. The molecule has 6 N–H and O–H groups in total. The maximum absolute atomic E-state index is 14.1. The number of ether oxygens (including phenoxy) is 1. The Hall–Kier alpha value is -4.33. The summed E-state index contributed by atoms with van der Waals surface area (Å²) in [6.07, 6.45) is -2.20. The number of likely N-dealkylation sites (N-methyl/N-ethyl adjacent to an activating group) is 1. The molecule has 7 atom stereocenters. The fraction of sp³-hybridized carbons (Fsp3) is 0.452. The number of rotatable bonds is 6. The van der Waals surface area contributed by atoms with Gasteiger partial charge < -0.3 is 40.9 Å². The van der Waals surface area contributed by atoms with Crippen molar-refractivity contribution < 1.29 is 44.0 Å². The molecule has 13 heteroatoms. The molecule has 0 bridgehead atoms. The summed E-state index contributed by atoms with van der Waals surface area (Å²) in [4.78, 5) is 69.6. The van der Waals surface area contributed by atoms with Gasteiger partial charge in [-0.15, -0.1) is 0 Å². The summed E-state index contributed by atoms with van der Waals surface area (Å²) >= 11 is 0. The third-order valence-electron chi connectivity index (χ3n) is 9.20. The molecule has 0 radical (unpaired) electrons. The van der Waals surface area contributed by atoms with Crippen molar-refractivity contribution >= 4 is 35.0 Å². The first-order valence-corrected chi connectivity index (χ1v) is 14.2. The number of primary amides is 1. The van der Waals surface area contributed by atoms with Crippen LogP contribution in [0.5, 0.6) is 11.5 Å². The number of nitrogens with one attached hydrogen (secondary N) is 1. The summed E-state index contributed by atoms with van der Waals surface area (Å²) in [7, 11) is 6.68. The van der Waals surface area contributed by atoms with Gasteiger partial charge in [-0.3, -0.25) is 19.2 Å². The number of phenolic OH excluding ortho intramolecular Hbond substituents is 1. The van der Waals surface area contributed by atoms with Crippen LogP contribution < -0.4 is 20.7 Å². The van der Waals surface area contributed by atoms with E-state index in [0.29, 0.717) is 17.0 Å². The lowest BCUT2D eigenvalue weighted by Gasteiger charge is -2.55. The first kappa shape index (κ1) is 31.1. The summed E-state index contributed by atoms with van der Waals surface area (Å²) < 4.78 is 5.23. The van der Waals surface area contributed by atoms with E-state index >= 15 is 0 Å². The number of fused-ring (bicyclic) bond motifs is 3. The van der Waals surface area contributed by atoms with Crippen LogP contribution >= 0.6 is 0 Å². The molecule has 3 aliphatic carbocycles. The molecule has 5 rings (SSSR count). The van der Waals surface area contributed by atoms with Gasteiger partial charge in [0.25, 0.3) is 0 Å². The molecule has 13 nitrogen and oxygen atoms in total. The van der Waals surface area contributed by atoms with Crippen molar-refractivity contribution in [1.82, 2.24) is 10.2 Å². The van der Waals surface area contributed by atoms with Crippen molar-refractivity contribution in [2.75, 3.05) is 33.1 Å². The number of amides is 2. The van der Waals surface area contributed by atoms with Crippen molar-refractivity contribution in [2.45, 2.75) is 37.1 Å². The van der Waals surface area contributed by atoms with Gasteiger partial charge in [-0.25, -0.2) is 4.79 Å². The van der Waals surface area contributed by atoms with Gasteiger partial charge in [0.05, 0.1) is 17.6 Å². The molecule has 234 valence electrons. The van der Waals surface area contributed by atoms with Crippen LogP contribution in [-0.2, 0) is 27.3 Å². The predicted molar refractivity (Wildman–Crippen MR) is 156 cm³/mol. The van der Waals surface area contributed by atoms with Gasteiger partial charge in [0, 0.05) is 43.9 Å². The van der Waals surface area contributed by atoms with E-state index in [2.05, 4.69) is 5.32 Å². The minimum atomic E-state index is -2.75. The Morgan fingerprint density at radius 1 is 1.09 bits per heavy atom. The normalized spacial score (nSPS) is 29.4. The van der Waals surface area contributed by atoms with E-state index in [1.54, 1.807) is 69.5 Å². The molecular formula is C31H36N4O9. The maximum atomic E-state index is 14.1. The lowest BCUT2D eigenvalue weighted by Crippen LogP contribution is -2.75. The maximum Gasteiger partial charge on any atom is 0.412 e. The Morgan fingerprint density at radius 3 is 2.34 bits per heavy atom. The second-order valence-corrected chi connectivity index (χ2v) is 12.2. The number of ketones is 3. The van der Waals surface area contributed by atoms with E-state index in [9.17, 15) is 39.3 Å². The van der Waals surface area contributed by atoms with E-state index < -0.39 is 76.5 Å². The monoisotopic (exact) mass is 608 g/mol. The molecule has 44 heavy (non-hydrogen) atoms. The van der Waals surface area contributed by atoms with E-state index in [1.165, 1.54) is 4.90 Å². The standard InChI is InChI=1S/C31H36N4O9/c1-34(2)19-12-15(13-33-30(42)44-16-8-6-5-7-9-16)24(36)21-17(19)10-14-11-18-23(35(3)4)26(38)22(29(32)41)28(40)31(18,43)27(39)20(14)25(21)37/h5-9,12,14,18,20,22-23,26,36,38,43H,10-11,13H2,1-4H3,(H2,32,41)(H,33,42)/t14-,18-,20?,22?,23-,26?,31-/m1/s1. The van der Waals surface area contributed by atoms with Crippen LogP contribution in [0.25, 0.3) is 0 Å². The summed E-state index contributed by atoms with van der Waals surface area (Å²) in [5.74, 6) is -9.53. The van der Waals surface area contributed by atoms with Crippen molar-refractivity contribution in [2.24, 2.45) is 29.4 Å². The van der Waals surface area contributed by atoms with E-state index in [0.717, 1.165) is 0 Å². The Kier molecular flexibility index (Phi) is 7.99. The zero-order valence-electron chi connectivity index (χ0n) is 24.8. The van der Waals surface area contributed by atoms with Crippen molar-refractivity contribution in [3.8, 4) is 11.5 Å². The summed E-state index contributed by atoms with van der Waals surface area (Å²) in [6, 6.07) is 9.01. The molecule has 2 fully saturated rings. The number of benzene rings is 2. The SMILES string of the molecule is CN(C)c1cc(CNC(=O)Oc2ccccc2)c(O)c2c1C[C@@H]1C[C@@H]3[C@@H](N(C)C)C(O)C(C(N)=O)C(=O)[C@]3(O)C(=O)C1C2=O. The number of aromatic hydroxyl groups is 1. The van der Waals surface area contributed by atoms with Gasteiger partial charge in [0.2, 0.25) is 5.91 Å². The highest BCUT2D eigenvalue weighted by Gasteiger charge is 2.69. The summed E-state index contributed by atoms with van der Waals surface area (Å²) in [5.41, 5.74) is 3.78. The molecule has 2 amide bonds. The number of nitrogens with two attached hydrogens (primary N) is 1. The minimum absolute atomic E-state index is 0.0114. The molecule has 0 saturated heterocycles. The second kappa shape index (κ2) is 11.3. The largest absolute Gasteiger partial charge is 0.507 e. The molecule has 3 unspecified atom stereocenters. The topological polar surface area (TPSA) is 200 Å². The Balaban J connectivity index is 1.53. The summed E-state index contributed by atoms with van der Waals surface area (Å²) in [6.45, 7) is -0.214. The predicted octanol–water partition coefficient (Wildman–Crippen LogP) is 0.0134. The van der Waals surface area contributed by atoms with Gasteiger partial charge in [-0.05, 0) is 56.6 Å². The highest BCUT2D eigenvalue weighted by Crippen LogP contribution is 2.52. The molecular weight excluding hydrogens is 572 g/mol. The van der Waals surface area contributed by atoms with Crippen LogP contribution in [0.15, 0.2) is 36.4 Å². The van der Waals surface area contributed by atoms with Crippen molar-refractivity contribution in [1.29, 1.82) is 0 Å². The van der Waals surface area contributed by atoms with Crippen LogP contribution in [0.2, 0.25) is 0 Å². The molecule has 0 aliphatic heterocycles. The third-order valence-corrected chi connectivity index (χ3v) is 9.20. The average Bonchev–Trinajstić information content (AvgIpc) is 2.94. The Labute approximate surface area is 253 Å². The first-order chi connectivity index (χ1) is 20.7. The fourth-order valence-corrected chi connectivity index (χ4v) is 7.26.